The molecule has 1 aliphatic carbocycles. The van der Waals surface area contributed by atoms with E-state index in [0.717, 1.165) is 66.8 Å². The molecule has 5 nitrogen and oxygen atoms in total. The molecule has 1 saturated heterocycles. The third kappa shape index (κ3) is 4.16. The average Bonchev–Trinajstić information content (AvgIpc) is 3.12. The number of ketones is 1. The van der Waals surface area contributed by atoms with Crippen molar-refractivity contribution < 1.29 is 14.0 Å². The first-order valence-corrected chi connectivity index (χ1v) is 12.3. The van der Waals surface area contributed by atoms with Crippen molar-refractivity contribution in [2.75, 3.05) is 24.5 Å². The van der Waals surface area contributed by atoms with E-state index >= 15 is 0 Å². The molecule has 0 bridgehead atoms. The quantitative estimate of drug-likeness (QED) is 0.637. The van der Waals surface area contributed by atoms with Crippen LogP contribution < -0.4 is 4.90 Å². The number of carbonyl (C=O) groups excluding carboxylic acids is 2. The van der Waals surface area contributed by atoms with Crippen LogP contribution in [0.15, 0.2) is 30.5 Å². The molecule has 1 aromatic carbocycles. The second kappa shape index (κ2) is 8.54. The second-order valence-electron chi connectivity index (χ2n) is 10.1. The SMILES string of the molecule is CCCC1Cc2cc(N3CCCc4cc(C(=O)N5CCCC(C)(F)C5)cnc43)ccc2C1=O. The maximum Gasteiger partial charge on any atom is 0.255 e. The Bertz CT molecular complexity index is 1100. The summed E-state index contributed by atoms with van der Waals surface area (Å²) >= 11 is 0. The molecule has 0 N–H and O–H groups in total. The Morgan fingerprint density at radius 2 is 2.06 bits per heavy atom. The van der Waals surface area contributed by atoms with Gasteiger partial charge in [0.05, 0.1) is 12.1 Å². The number of likely N-dealkylation sites (tertiary alicyclic amines) is 1. The highest BCUT2D eigenvalue weighted by atomic mass is 19.1. The Morgan fingerprint density at radius 1 is 1.21 bits per heavy atom. The van der Waals surface area contributed by atoms with Gasteiger partial charge in [0, 0.05) is 36.5 Å². The molecule has 2 unspecified atom stereocenters. The molecule has 1 aromatic heterocycles. The van der Waals surface area contributed by atoms with Crippen molar-refractivity contribution in [2.45, 2.75) is 64.5 Å². The van der Waals surface area contributed by atoms with Crippen LogP contribution in [-0.4, -0.2) is 46.9 Å². The van der Waals surface area contributed by atoms with Crippen LogP contribution in [-0.2, 0) is 12.8 Å². The fourth-order valence-electron chi connectivity index (χ4n) is 5.70. The maximum atomic E-state index is 14.5. The van der Waals surface area contributed by atoms with Crippen molar-refractivity contribution in [3.05, 3.63) is 52.7 Å². The number of halogens is 1. The summed E-state index contributed by atoms with van der Waals surface area (Å²) in [6, 6.07) is 8.08. The number of piperidine rings is 1. The van der Waals surface area contributed by atoms with Gasteiger partial charge in [0.15, 0.2) is 5.78 Å². The van der Waals surface area contributed by atoms with E-state index in [1.54, 1.807) is 18.0 Å². The molecule has 1 fully saturated rings. The number of benzene rings is 1. The number of amides is 1. The number of Topliss-reactive ketones (excluding diaryl/α,β-unsaturated/α-hetero) is 1. The largest absolute Gasteiger partial charge is 0.335 e. The number of rotatable bonds is 4. The first-order valence-electron chi connectivity index (χ1n) is 12.3. The Balaban J connectivity index is 1.39. The Morgan fingerprint density at radius 3 is 2.85 bits per heavy atom. The fourth-order valence-corrected chi connectivity index (χ4v) is 5.70. The minimum Gasteiger partial charge on any atom is -0.335 e. The van der Waals surface area contributed by atoms with Crippen LogP contribution in [0.25, 0.3) is 0 Å². The van der Waals surface area contributed by atoms with Crippen LogP contribution in [0.4, 0.5) is 15.9 Å². The zero-order valence-electron chi connectivity index (χ0n) is 19.6. The van der Waals surface area contributed by atoms with Gasteiger partial charge < -0.3 is 9.80 Å². The van der Waals surface area contributed by atoms with E-state index < -0.39 is 5.67 Å². The van der Waals surface area contributed by atoms with Crippen LogP contribution in [0, 0.1) is 5.92 Å². The van der Waals surface area contributed by atoms with Gasteiger partial charge in [-0.15, -0.1) is 0 Å². The number of nitrogens with zero attached hydrogens (tertiary/aromatic N) is 3. The molecule has 6 heteroatoms. The average molecular weight is 450 g/mol. The standard InChI is InChI=1S/C27H32FN3O2/c1-3-6-18-13-20-15-22(8-9-23(20)24(18)32)31-12-4-7-19-14-21(16-29-25(19)31)26(33)30-11-5-10-27(2,28)17-30/h8-9,14-16,18H,3-7,10-13,17H2,1-2H3. The van der Waals surface area contributed by atoms with Crippen molar-refractivity contribution >= 4 is 23.2 Å². The van der Waals surface area contributed by atoms with E-state index in [2.05, 4.69) is 17.9 Å². The molecule has 0 saturated carbocycles. The third-order valence-corrected chi connectivity index (χ3v) is 7.35. The van der Waals surface area contributed by atoms with E-state index in [9.17, 15) is 14.0 Å². The third-order valence-electron chi connectivity index (χ3n) is 7.35. The molecule has 2 aromatic rings. The molecule has 3 heterocycles. The number of fused-ring (bicyclic) bond motifs is 2. The van der Waals surface area contributed by atoms with Gasteiger partial charge in [-0.3, -0.25) is 9.59 Å². The number of pyridine rings is 1. The molecular weight excluding hydrogens is 417 g/mol. The smallest absolute Gasteiger partial charge is 0.255 e. The highest BCUT2D eigenvalue weighted by Crippen LogP contribution is 2.37. The van der Waals surface area contributed by atoms with Gasteiger partial charge in [-0.25, -0.2) is 9.37 Å². The second-order valence-corrected chi connectivity index (χ2v) is 10.1. The summed E-state index contributed by atoms with van der Waals surface area (Å²) in [4.78, 5) is 34.2. The first kappa shape index (κ1) is 22.1. The highest BCUT2D eigenvalue weighted by Gasteiger charge is 2.34. The lowest BCUT2D eigenvalue weighted by atomic mass is 9.96. The van der Waals surface area contributed by atoms with E-state index in [-0.39, 0.29) is 24.2 Å². The van der Waals surface area contributed by atoms with Crippen molar-refractivity contribution in [3.8, 4) is 0 Å². The molecule has 0 radical (unpaired) electrons. The van der Waals surface area contributed by atoms with Gasteiger partial charge in [0.2, 0.25) is 0 Å². The zero-order valence-corrected chi connectivity index (χ0v) is 19.6. The summed E-state index contributed by atoms with van der Waals surface area (Å²) in [6.07, 6.45) is 7.43. The summed E-state index contributed by atoms with van der Waals surface area (Å²) in [5.74, 6) is 1.13. The van der Waals surface area contributed by atoms with Crippen molar-refractivity contribution in [3.63, 3.8) is 0 Å². The lowest BCUT2D eigenvalue weighted by molar-refractivity contribution is 0.0417. The van der Waals surface area contributed by atoms with Gasteiger partial charge in [-0.2, -0.15) is 0 Å². The number of aryl methyl sites for hydroxylation is 1. The van der Waals surface area contributed by atoms with Gasteiger partial charge in [-0.05, 0) is 80.8 Å². The normalized spacial score (nSPS) is 24.6. The predicted octanol–water partition coefficient (Wildman–Crippen LogP) is 5.29. The summed E-state index contributed by atoms with van der Waals surface area (Å²) in [5, 5.41) is 0. The van der Waals surface area contributed by atoms with E-state index in [0.29, 0.717) is 24.9 Å². The number of carbonyl (C=O) groups is 2. The molecule has 2 atom stereocenters. The number of alkyl halides is 1. The van der Waals surface area contributed by atoms with Crippen molar-refractivity contribution in [1.29, 1.82) is 0 Å². The molecule has 2 aliphatic heterocycles. The van der Waals surface area contributed by atoms with E-state index in [4.69, 9.17) is 4.98 Å². The Labute approximate surface area is 195 Å². The minimum absolute atomic E-state index is 0.113. The topological polar surface area (TPSA) is 53.5 Å². The first-order chi connectivity index (χ1) is 15.9. The fraction of sp³-hybridized carbons (Fsp3) is 0.519. The summed E-state index contributed by atoms with van der Waals surface area (Å²) < 4.78 is 14.5. The molecule has 3 aliphatic rings. The van der Waals surface area contributed by atoms with Crippen LogP contribution in [0.2, 0.25) is 0 Å². The maximum absolute atomic E-state index is 14.5. The van der Waals surface area contributed by atoms with Gasteiger partial charge in [0.1, 0.15) is 11.5 Å². The summed E-state index contributed by atoms with van der Waals surface area (Å²) in [5.41, 5.74) is 3.31. The van der Waals surface area contributed by atoms with Crippen molar-refractivity contribution in [2.24, 2.45) is 5.92 Å². The lowest BCUT2D eigenvalue weighted by Crippen LogP contribution is -2.46. The van der Waals surface area contributed by atoms with Gasteiger partial charge in [-0.1, -0.05) is 13.3 Å². The van der Waals surface area contributed by atoms with Crippen LogP contribution in [0.5, 0.6) is 0 Å². The number of aromatic nitrogens is 1. The Kier molecular flexibility index (Phi) is 5.71. The lowest BCUT2D eigenvalue weighted by Gasteiger charge is -2.35. The highest BCUT2D eigenvalue weighted by molar-refractivity contribution is 6.02. The monoisotopic (exact) mass is 449 g/mol. The molecule has 0 spiro atoms. The number of hydrogen-bond acceptors (Lipinski definition) is 4. The molecule has 1 amide bonds. The van der Waals surface area contributed by atoms with Crippen LogP contribution >= 0.6 is 0 Å². The Hall–Kier alpha value is -2.76. The number of anilines is 2. The van der Waals surface area contributed by atoms with E-state index in [1.807, 2.05) is 18.2 Å². The summed E-state index contributed by atoms with van der Waals surface area (Å²) in [7, 11) is 0. The molecule has 33 heavy (non-hydrogen) atoms. The van der Waals surface area contributed by atoms with Crippen molar-refractivity contribution in [1.82, 2.24) is 9.88 Å². The van der Waals surface area contributed by atoms with Crippen LogP contribution in [0.3, 0.4) is 0 Å². The van der Waals surface area contributed by atoms with Crippen LogP contribution in [0.1, 0.15) is 77.8 Å². The zero-order chi connectivity index (χ0) is 23.2. The van der Waals surface area contributed by atoms with Gasteiger partial charge >= 0.3 is 0 Å². The predicted molar refractivity (Wildman–Crippen MR) is 127 cm³/mol. The molecule has 5 rings (SSSR count). The molecular formula is C27H32FN3O2. The number of hydrogen-bond donors (Lipinski definition) is 0. The molecule has 174 valence electrons. The van der Waals surface area contributed by atoms with Gasteiger partial charge in [0.25, 0.3) is 5.91 Å². The van der Waals surface area contributed by atoms with E-state index in [1.165, 1.54) is 0 Å². The minimum atomic E-state index is -1.32. The summed E-state index contributed by atoms with van der Waals surface area (Å²) in [6.45, 7) is 5.28.